The van der Waals surface area contributed by atoms with E-state index >= 15 is 0 Å². The molecule has 9 nitrogen and oxygen atoms in total. The van der Waals surface area contributed by atoms with Gasteiger partial charge in [0.05, 0.1) is 18.3 Å². The largest absolute Gasteiger partial charge is 0.459 e. The first-order chi connectivity index (χ1) is 18.2. The van der Waals surface area contributed by atoms with Crippen molar-refractivity contribution in [3.05, 3.63) is 65.9 Å². The van der Waals surface area contributed by atoms with Crippen LogP contribution in [0.1, 0.15) is 40.7 Å². The van der Waals surface area contributed by atoms with Crippen LogP contribution in [0.25, 0.3) is 0 Å². The fraction of sp³-hybridized carbons (Fsp3) is 0.440. The number of hydrogen-bond donors (Lipinski definition) is 1. The van der Waals surface area contributed by atoms with E-state index < -0.39 is 42.6 Å². The minimum absolute atomic E-state index is 0.0106. The molecule has 0 bridgehead atoms. The molecule has 1 N–H and O–H groups in total. The molecule has 0 spiro atoms. The maximum atomic E-state index is 14.3. The van der Waals surface area contributed by atoms with Crippen molar-refractivity contribution in [2.24, 2.45) is 5.92 Å². The molecular formula is C25H26F3N5O4S. The number of aromatic nitrogens is 3. The zero-order chi connectivity index (χ0) is 26.9. The van der Waals surface area contributed by atoms with Gasteiger partial charge in [-0.3, -0.25) is 4.79 Å². The van der Waals surface area contributed by atoms with Crippen LogP contribution in [0, 0.1) is 5.92 Å². The van der Waals surface area contributed by atoms with Crippen LogP contribution < -0.4 is 0 Å². The van der Waals surface area contributed by atoms with E-state index in [0.29, 0.717) is 18.7 Å². The molecule has 0 saturated carbocycles. The van der Waals surface area contributed by atoms with Gasteiger partial charge in [0.2, 0.25) is 0 Å². The van der Waals surface area contributed by atoms with Crippen LogP contribution in [0.3, 0.4) is 0 Å². The van der Waals surface area contributed by atoms with E-state index in [1.54, 1.807) is 0 Å². The zero-order valence-corrected chi connectivity index (χ0v) is 21.1. The molecule has 2 amide bonds. The van der Waals surface area contributed by atoms with Crippen molar-refractivity contribution in [1.82, 2.24) is 24.6 Å². The van der Waals surface area contributed by atoms with Crippen LogP contribution in [-0.4, -0.2) is 80.1 Å². The molecule has 5 rings (SSSR count). The van der Waals surface area contributed by atoms with Crippen LogP contribution in [0.5, 0.6) is 0 Å². The van der Waals surface area contributed by atoms with Gasteiger partial charge >= 0.3 is 18.1 Å². The summed E-state index contributed by atoms with van der Waals surface area (Å²) in [5, 5.41) is 14.1. The molecule has 2 aliphatic heterocycles. The van der Waals surface area contributed by atoms with Crippen molar-refractivity contribution in [1.29, 1.82) is 0 Å². The van der Waals surface area contributed by atoms with Crippen LogP contribution >= 0.6 is 11.8 Å². The van der Waals surface area contributed by atoms with Gasteiger partial charge < -0.3 is 19.3 Å². The van der Waals surface area contributed by atoms with Gasteiger partial charge in [-0.1, -0.05) is 42.1 Å². The summed E-state index contributed by atoms with van der Waals surface area (Å²) in [5.74, 6) is -3.34. The Hall–Kier alpha value is -3.32. The first-order valence-electron chi connectivity index (χ1n) is 12.2. The number of furan rings is 1. The van der Waals surface area contributed by atoms with E-state index in [0.717, 1.165) is 10.2 Å². The highest BCUT2D eigenvalue weighted by Gasteiger charge is 2.51. The normalized spacial score (nSPS) is 22.2. The highest BCUT2D eigenvalue weighted by molar-refractivity contribution is 7.98. The number of aliphatic hydroxyl groups is 1. The Kier molecular flexibility index (Phi) is 7.48. The molecule has 2 aliphatic rings. The SMILES string of the molecule is O=C(N1CCC(O)C1)N1CCC(c2nc(SCc3ccccc3)n(C(=O)c3ccco3)n2)C(C(F)(F)F)C1. The van der Waals surface area contributed by atoms with Gasteiger partial charge in [0.1, 0.15) is 0 Å². The Morgan fingerprint density at radius 3 is 2.45 bits per heavy atom. The lowest BCUT2D eigenvalue weighted by Gasteiger charge is -2.39. The third-order valence-corrected chi connectivity index (χ3v) is 7.80. The summed E-state index contributed by atoms with van der Waals surface area (Å²) < 4.78 is 49.0. The van der Waals surface area contributed by atoms with E-state index in [9.17, 15) is 27.9 Å². The number of thioether (sulfide) groups is 1. The average Bonchev–Trinajstić information content (AvgIpc) is 3.68. The number of halogens is 3. The molecule has 0 radical (unpaired) electrons. The van der Waals surface area contributed by atoms with Crippen LogP contribution in [0.4, 0.5) is 18.0 Å². The molecule has 3 aromatic rings. The number of hydrogen-bond acceptors (Lipinski definition) is 7. The Bertz CT molecular complexity index is 1270. The number of aliphatic hydroxyl groups excluding tert-OH is 1. The second kappa shape index (κ2) is 10.8. The number of piperidine rings is 1. The molecule has 2 aromatic heterocycles. The monoisotopic (exact) mass is 549 g/mol. The number of rotatable bonds is 5. The fourth-order valence-corrected chi connectivity index (χ4v) is 5.70. The van der Waals surface area contributed by atoms with Crippen molar-refractivity contribution in [2.45, 2.75) is 41.9 Å². The van der Waals surface area contributed by atoms with E-state index in [4.69, 9.17) is 4.42 Å². The Morgan fingerprint density at radius 1 is 1.05 bits per heavy atom. The number of urea groups is 1. The first-order valence-corrected chi connectivity index (χ1v) is 13.2. The second-order valence-corrected chi connectivity index (χ2v) is 10.3. The number of benzene rings is 1. The van der Waals surface area contributed by atoms with Gasteiger partial charge in [-0.25, -0.2) is 9.78 Å². The Balaban J connectivity index is 1.41. The number of carbonyl (C=O) groups is 2. The summed E-state index contributed by atoms with van der Waals surface area (Å²) in [5.41, 5.74) is 0.950. The summed E-state index contributed by atoms with van der Waals surface area (Å²) in [6.07, 6.45) is -3.58. The predicted molar refractivity (Wildman–Crippen MR) is 131 cm³/mol. The van der Waals surface area contributed by atoms with E-state index in [1.807, 2.05) is 30.3 Å². The maximum Gasteiger partial charge on any atom is 0.394 e. The van der Waals surface area contributed by atoms with Gasteiger partial charge in [0, 0.05) is 37.8 Å². The average molecular weight is 550 g/mol. The quantitative estimate of drug-likeness (QED) is 0.480. The van der Waals surface area contributed by atoms with Crippen LogP contribution in [0.15, 0.2) is 58.3 Å². The molecule has 202 valence electrons. The smallest absolute Gasteiger partial charge is 0.394 e. The number of β-amino-alcohol motifs (C(OH)–C–C–N with tert-alkyl or cyclic N) is 1. The number of alkyl halides is 3. The third kappa shape index (κ3) is 5.58. The lowest BCUT2D eigenvalue weighted by Crippen LogP contribution is -2.52. The summed E-state index contributed by atoms with van der Waals surface area (Å²) in [6, 6.07) is 11.9. The third-order valence-electron chi connectivity index (χ3n) is 6.80. The summed E-state index contributed by atoms with van der Waals surface area (Å²) in [4.78, 5) is 32.9. The molecule has 3 atom stereocenters. The maximum absolute atomic E-state index is 14.3. The molecule has 0 aliphatic carbocycles. The Labute approximate surface area is 220 Å². The van der Waals surface area contributed by atoms with E-state index in [1.165, 1.54) is 40.0 Å². The molecule has 1 aromatic carbocycles. The van der Waals surface area contributed by atoms with Gasteiger partial charge in [0.25, 0.3) is 0 Å². The minimum Gasteiger partial charge on any atom is -0.459 e. The van der Waals surface area contributed by atoms with Crippen molar-refractivity contribution >= 4 is 23.7 Å². The van der Waals surface area contributed by atoms with Gasteiger partial charge in [-0.2, -0.15) is 17.9 Å². The molecule has 2 saturated heterocycles. The van der Waals surface area contributed by atoms with Gasteiger partial charge in [-0.15, -0.1) is 5.10 Å². The van der Waals surface area contributed by atoms with Gasteiger partial charge in [-0.05, 0) is 30.5 Å². The molecule has 3 unspecified atom stereocenters. The van der Waals surface area contributed by atoms with Crippen molar-refractivity contribution < 1.29 is 32.3 Å². The highest BCUT2D eigenvalue weighted by Crippen LogP contribution is 2.42. The van der Waals surface area contributed by atoms with Crippen LogP contribution in [-0.2, 0) is 5.75 Å². The fourth-order valence-electron chi connectivity index (χ4n) is 4.80. The topological polar surface area (TPSA) is 105 Å². The van der Waals surface area contributed by atoms with E-state index in [2.05, 4.69) is 10.1 Å². The minimum atomic E-state index is -4.62. The number of nitrogens with zero attached hydrogens (tertiary/aromatic N) is 5. The number of carbonyl (C=O) groups excluding carboxylic acids is 2. The van der Waals surface area contributed by atoms with Crippen LogP contribution in [0.2, 0.25) is 0 Å². The lowest BCUT2D eigenvalue weighted by atomic mass is 9.84. The van der Waals surface area contributed by atoms with Crippen molar-refractivity contribution in [2.75, 3.05) is 26.2 Å². The highest BCUT2D eigenvalue weighted by atomic mass is 32.2. The summed E-state index contributed by atoms with van der Waals surface area (Å²) in [7, 11) is 0. The first kappa shape index (κ1) is 26.3. The Morgan fingerprint density at radius 2 is 1.79 bits per heavy atom. The second-order valence-electron chi connectivity index (χ2n) is 9.38. The number of likely N-dealkylation sites (tertiary alicyclic amines) is 2. The molecule has 2 fully saturated rings. The zero-order valence-electron chi connectivity index (χ0n) is 20.3. The predicted octanol–water partition coefficient (Wildman–Crippen LogP) is 4.01. The summed E-state index contributed by atoms with van der Waals surface area (Å²) in [6.45, 7) is -0.0552. The van der Waals surface area contributed by atoms with E-state index in [-0.39, 0.29) is 36.3 Å². The lowest BCUT2D eigenvalue weighted by molar-refractivity contribution is -0.190. The summed E-state index contributed by atoms with van der Waals surface area (Å²) >= 11 is 1.19. The van der Waals surface area contributed by atoms with Crippen molar-refractivity contribution in [3.8, 4) is 0 Å². The van der Waals surface area contributed by atoms with Crippen molar-refractivity contribution in [3.63, 3.8) is 0 Å². The molecule has 13 heteroatoms. The molecule has 38 heavy (non-hydrogen) atoms. The molecular weight excluding hydrogens is 523 g/mol. The van der Waals surface area contributed by atoms with Gasteiger partial charge in [0.15, 0.2) is 16.7 Å². The number of amides is 2. The molecule has 4 heterocycles. The standard InChI is InChI=1S/C25H26F3N5O4S/c26-25(27,28)19-14-32(24(36)31-10-8-17(34)13-31)11-9-18(19)21-29-23(38-15-16-5-2-1-3-6-16)33(30-21)22(35)20-7-4-12-37-20/h1-7,12,17-19,34H,8-11,13-15H2.